The van der Waals surface area contributed by atoms with Gasteiger partial charge in [0.05, 0.1) is 25.3 Å². The predicted molar refractivity (Wildman–Crippen MR) is 122 cm³/mol. The molecule has 2 aromatic carbocycles. The topological polar surface area (TPSA) is 66.4 Å². The molecule has 0 N–H and O–H groups in total. The van der Waals surface area contributed by atoms with Crippen molar-refractivity contribution >= 4 is 63.2 Å². The van der Waals surface area contributed by atoms with Crippen LogP contribution in [0.4, 0.5) is 10.3 Å². The summed E-state index contributed by atoms with van der Waals surface area (Å²) in [5, 5.41) is 2.03. The van der Waals surface area contributed by atoms with Crippen molar-refractivity contribution in [1.82, 2.24) is 9.97 Å². The fourth-order valence-corrected chi connectivity index (χ4v) is 6.43. The molecule has 2 aromatic heterocycles. The van der Waals surface area contributed by atoms with E-state index >= 15 is 0 Å². The van der Waals surface area contributed by atoms with Crippen LogP contribution in [0.15, 0.2) is 41.3 Å². The van der Waals surface area contributed by atoms with E-state index in [1.807, 2.05) is 0 Å². The maximum absolute atomic E-state index is 11.8. The average molecular weight is 445 g/mol. The molecule has 150 valence electrons. The first-order chi connectivity index (χ1) is 13.9. The summed E-state index contributed by atoms with van der Waals surface area (Å²) in [4.78, 5) is 14.5. The molecule has 0 bridgehead atoms. The zero-order valence-corrected chi connectivity index (χ0v) is 18.6. The maximum Gasteiger partial charge on any atom is 0.186 e. The standard InChI is InChI=1S/C20H20N4O2S3/c1-13-4-3-5-16-18(13)22-20(27-16)24-10-8-23(9-11-24)19-21-15-7-6-14(29(2,25)26)12-17(15)28-19/h3-7,12H,8-11H2,1-2H3. The Bertz CT molecular complexity index is 1320. The van der Waals surface area contributed by atoms with Gasteiger partial charge in [-0.3, -0.25) is 0 Å². The van der Waals surface area contributed by atoms with Gasteiger partial charge < -0.3 is 9.80 Å². The van der Waals surface area contributed by atoms with E-state index < -0.39 is 9.84 Å². The number of rotatable bonds is 3. The monoisotopic (exact) mass is 444 g/mol. The second kappa shape index (κ2) is 6.93. The summed E-state index contributed by atoms with van der Waals surface area (Å²) < 4.78 is 25.8. The normalized spacial score (nSPS) is 15.5. The molecule has 1 aliphatic rings. The molecule has 3 heterocycles. The molecule has 29 heavy (non-hydrogen) atoms. The molecule has 0 spiro atoms. The highest BCUT2D eigenvalue weighted by molar-refractivity contribution is 7.90. The van der Waals surface area contributed by atoms with Crippen LogP contribution in [0.25, 0.3) is 20.4 Å². The van der Waals surface area contributed by atoms with Crippen molar-refractivity contribution in [2.45, 2.75) is 11.8 Å². The number of hydrogen-bond acceptors (Lipinski definition) is 8. The van der Waals surface area contributed by atoms with Gasteiger partial charge in [-0.15, -0.1) is 0 Å². The Hall–Kier alpha value is -2.23. The predicted octanol–water partition coefficient (Wildman–Crippen LogP) is 3.94. The molecule has 0 unspecified atom stereocenters. The molecular formula is C20H20N4O2S3. The van der Waals surface area contributed by atoms with Crippen LogP contribution in [0.2, 0.25) is 0 Å². The summed E-state index contributed by atoms with van der Waals surface area (Å²) in [5.41, 5.74) is 3.16. The number of para-hydroxylation sites is 1. The Labute approximate surface area is 177 Å². The van der Waals surface area contributed by atoms with E-state index in [1.54, 1.807) is 40.9 Å². The molecule has 0 saturated carbocycles. The van der Waals surface area contributed by atoms with Crippen molar-refractivity contribution in [1.29, 1.82) is 0 Å². The lowest BCUT2D eigenvalue weighted by molar-refractivity contribution is 0.602. The molecule has 0 amide bonds. The van der Waals surface area contributed by atoms with Crippen molar-refractivity contribution < 1.29 is 8.42 Å². The summed E-state index contributed by atoms with van der Waals surface area (Å²) in [6.07, 6.45) is 1.23. The van der Waals surface area contributed by atoms with E-state index in [2.05, 4.69) is 34.9 Å². The molecule has 1 saturated heterocycles. The second-order valence-corrected chi connectivity index (χ2v) is 11.3. The first-order valence-electron chi connectivity index (χ1n) is 9.35. The van der Waals surface area contributed by atoms with Crippen LogP contribution in [-0.4, -0.2) is 50.8 Å². The molecule has 4 aromatic rings. The largest absolute Gasteiger partial charge is 0.345 e. The van der Waals surface area contributed by atoms with E-state index in [9.17, 15) is 8.42 Å². The van der Waals surface area contributed by atoms with Gasteiger partial charge in [-0.1, -0.05) is 34.8 Å². The number of benzene rings is 2. The number of aryl methyl sites for hydroxylation is 1. The lowest BCUT2D eigenvalue weighted by Gasteiger charge is -2.34. The van der Waals surface area contributed by atoms with Crippen molar-refractivity contribution in [2.75, 3.05) is 42.2 Å². The Balaban J connectivity index is 1.35. The van der Waals surface area contributed by atoms with Gasteiger partial charge in [0, 0.05) is 32.4 Å². The zero-order chi connectivity index (χ0) is 20.2. The molecule has 0 radical (unpaired) electrons. The van der Waals surface area contributed by atoms with Crippen LogP contribution < -0.4 is 9.80 Å². The van der Waals surface area contributed by atoms with E-state index in [0.29, 0.717) is 4.90 Å². The van der Waals surface area contributed by atoms with Gasteiger partial charge in [-0.2, -0.15) is 0 Å². The third-order valence-electron chi connectivity index (χ3n) is 5.21. The summed E-state index contributed by atoms with van der Waals surface area (Å²) in [6, 6.07) is 11.5. The van der Waals surface area contributed by atoms with Crippen molar-refractivity contribution in [3.63, 3.8) is 0 Å². The summed E-state index contributed by atoms with van der Waals surface area (Å²) in [6.45, 7) is 5.63. The Morgan fingerprint density at radius 1 is 0.897 bits per heavy atom. The quantitative estimate of drug-likeness (QED) is 0.477. The second-order valence-electron chi connectivity index (χ2n) is 7.29. The number of nitrogens with zero attached hydrogens (tertiary/aromatic N) is 4. The van der Waals surface area contributed by atoms with Crippen molar-refractivity contribution in [3.8, 4) is 0 Å². The fraction of sp³-hybridized carbons (Fsp3) is 0.300. The van der Waals surface area contributed by atoms with E-state index in [1.165, 1.54) is 16.5 Å². The van der Waals surface area contributed by atoms with E-state index in [-0.39, 0.29) is 0 Å². The summed E-state index contributed by atoms with van der Waals surface area (Å²) >= 11 is 3.30. The summed E-state index contributed by atoms with van der Waals surface area (Å²) in [7, 11) is -3.21. The smallest absolute Gasteiger partial charge is 0.186 e. The van der Waals surface area contributed by atoms with Crippen LogP contribution in [0, 0.1) is 6.92 Å². The minimum absolute atomic E-state index is 0.344. The zero-order valence-electron chi connectivity index (χ0n) is 16.1. The molecule has 1 fully saturated rings. The number of piperazine rings is 1. The van der Waals surface area contributed by atoms with Crippen molar-refractivity contribution in [2.24, 2.45) is 0 Å². The van der Waals surface area contributed by atoms with Gasteiger partial charge in [-0.05, 0) is 36.8 Å². The molecule has 6 nitrogen and oxygen atoms in total. The number of hydrogen-bond donors (Lipinski definition) is 0. The maximum atomic E-state index is 11.8. The Kier molecular flexibility index (Phi) is 4.49. The molecule has 5 rings (SSSR count). The number of aromatic nitrogens is 2. The number of fused-ring (bicyclic) bond motifs is 2. The third kappa shape index (κ3) is 3.47. The highest BCUT2D eigenvalue weighted by Gasteiger charge is 2.22. The van der Waals surface area contributed by atoms with Crippen LogP contribution in [0.3, 0.4) is 0 Å². The first kappa shape index (κ1) is 18.8. The molecular weight excluding hydrogens is 424 g/mol. The van der Waals surface area contributed by atoms with E-state index in [4.69, 9.17) is 9.97 Å². The Morgan fingerprint density at radius 3 is 2.21 bits per heavy atom. The van der Waals surface area contributed by atoms with Gasteiger partial charge in [0.15, 0.2) is 20.1 Å². The minimum atomic E-state index is -3.21. The van der Waals surface area contributed by atoms with Crippen LogP contribution in [0.5, 0.6) is 0 Å². The molecule has 1 aliphatic heterocycles. The van der Waals surface area contributed by atoms with Crippen LogP contribution in [0.1, 0.15) is 5.56 Å². The van der Waals surface area contributed by atoms with Gasteiger partial charge >= 0.3 is 0 Å². The summed E-state index contributed by atoms with van der Waals surface area (Å²) in [5.74, 6) is 0. The number of sulfone groups is 1. The minimum Gasteiger partial charge on any atom is -0.345 e. The highest BCUT2D eigenvalue weighted by atomic mass is 32.2. The van der Waals surface area contributed by atoms with Gasteiger partial charge in [0.1, 0.15) is 0 Å². The average Bonchev–Trinajstić information content (AvgIpc) is 3.32. The van der Waals surface area contributed by atoms with Gasteiger partial charge in [0.25, 0.3) is 0 Å². The fourth-order valence-electron chi connectivity index (χ4n) is 3.56. The molecule has 0 atom stereocenters. The van der Waals surface area contributed by atoms with E-state index in [0.717, 1.165) is 52.2 Å². The Morgan fingerprint density at radius 2 is 1.55 bits per heavy atom. The molecule has 9 heteroatoms. The lowest BCUT2D eigenvalue weighted by Crippen LogP contribution is -2.46. The lowest BCUT2D eigenvalue weighted by atomic mass is 10.2. The highest BCUT2D eigenvalue weighted by Crippen LogP contribution is 2.34. The molecule has 0 aliphatic carbocycles. The van der Waals surface area contributed by atoms with Gasteiger partial charge in [0.2, 0.25) is 0 Å². The number of thiazole rings is 2. The third-order valence-corrected chi connectivity index (χ3v) is 8.48. The number of anilines is 2. The van der Waals surface area contributed by atoms with Crippen molar-refractivity contribution in [3.05, 3.63) is 42.0 Å². The van der Waals surface area contributed by atoms with Gasteiger partial charge in [-0.25, -0.2) is 18.4 Å². The SMILES string of the molecule is Cc1cccc2sc(N3CCN(c4nc5ccc(S(C)(=O)=O)cc5s4)CC3)nc12. The first-order valence-corrected chi connectivity index (χ1v) is 12.9. The van der Waals surface area contributed by atoms with Crippen LogP contribution >= 0.6 is 22.7 Å². The van der Waals surface area contributed by atoms with Crippen LogP contribution in [-0.2, 0) is 9.84 Å².